The van der Waals surface area contributed by atoms with Crippen molar-refractivity contribution in [3.63, 3.8) is 0 Å². The number of hydrogen-bond donors (Lipinski definition) is 1. The predicted molar refractivity (Wildman–Crippen MR) is 76.2 cm³/mol. The fraction of sp³-hybridized carbons (Fsp3) is 0.562. The summed E-state index contributed by atoms with van der Waals surface area (Å²) in [6.45, 7) is 5.64. The monoisotopic (exact) mass is 264 g/mol. The van der Waals surface area contributed by atoms with Crippen molar-refractivity contribution in [2.45, 2.75) is 58.7 Å². The first-order valence-corrected chi connectivity index (χ1v) is 7.01. The van der Waals surface area contributed by atoms with E-state index in [4.69, 9.17) is 4.74 Å². The van der Waals surface area contributed by atoms with Crippen molar-refractivity contribution in [3.8, 4) is 0 Å². The Hall–Kier alpha value is -1.35. The minimum Gasteiger partial charge on any atom is -0.459 e. The summed E-state index contributed by atoms with van der Waals surface area (Å²) in [4.78, 5) is 11.9. The number of carbonyl (C=O) groups is 1. The Bertz CT molecular complexity index is 381. The maximum Gasteiger partial charge on any atom is 0.338 e. The fourth-order valence-corrected chi connectivity index (χ4v) is 1.97. The van der Waals surface area contributed by atoms with E-state index < -0.39 is 6.10 Å². The molecule has 0 fully saturated rings. The van der Waals surface area contributed by atoms with E-state index in [1.165, 1.54) is 12.0 Å². The number of unbranched alkanes of at least 4 members (excludes halogenated alkanes) is 1. The topological polar surface area (TPSA) is 46.5 Å². The van der Waals surface area contributed by atoms with Crippen LogP contribution in [0.1, 0.15) is 56.0 Å². The van der Waals surface area contributed by atoms with Gasteiger partial charge in [0, 0.05) is 6.42 Å². The molecule has 19 heavy (non-hydrogen) atoms. The molecule has 3 nitrogen and oxygen atoms in total. The van der Waals surface area contributed by atoms with Crippen LogP contribution in [0.5, 0.6) is 0 Å². The molecule has 3 heteroatoms. The first-order valence-electron chi connectivity index (χ1n) is 7.01. The number of esters is 1. The first-order chi connectivity index (χ1) is 9.02. The van der Waals surface area contributed by atoms with Crippen molar-refractivity contribution in [3.05, 3.63) is 35.4 Å². The van der Waals surface area contributed by atoms with E-state index >= 15 is 0 Å². The van der Waals surface area contributed by atoms with Gasteiger partial charge in [0.1, 0.15) is 6.10 Å². The van der Waals surface area contributed by atoms with Gasteiger partial charge in [0.2, 0.25) is 0 Å². The lowest BCUT2D eigenvalue weighted by Gasteiger charge is -2.14. The van der Waals surface area contributed by atoms with Crippen LogP contribution in [0.2, 0.25) is 0 Å². The number of aryl methyl sites for hydroxylation is 1. The van der Waals surface area contributed by atoms with Crippen molar-refractivity contribution in [1.82, 2.24) is 0 Å². The molecule has 1 N–H and O–H groups in total. The molecule has 0 aromatic heterocycles. The van der Waals surface area contributed by atoms with Crippen LogP contribution in [-0.2, 0) is 11.2 Å². The third-order valence-electron chi connectivity index (χ3n) is 2.99. The quantitative estimate of drug-likeness (QED) is 0.768. The molecule has 0 heterocycles. The fourth-order valence-electron chi connectivity index (χ4n) is 1.97. The number of carbonyl (C=O) groups excluding carboxylic acids is 1. The summed E-state index contributed by atoms with van der Waals surface area (Å²) in [5.41, 5.74) is 1.81. The molecule has 1 aromatic rings. The lowest BCUT2D eigenvalue weighted by molar-refractivity contribution is 0.0222. The Morgan fingerprint density at radius 2 is 1.89 bits per heavy atom. The Morgan fingerprint density at radius 3 is 2.42 bits per heavy atom. The molecule has 0 aliphatic rings. The summed E-state index contributed by atoms with van der Waals surface area (Å²) in [7, 11) is 0. The van der Waals surface area contributed by atoms with Crippen LogP contribution in [-0.4, -0.2) is 23.3 Å². The third-order valence-corrected chi connectivity index (χ3v) is 2.99. The molecule has 2 atom stereocenters. The Labute approximate surface area is 115 Å². The highest BCUT2D eigenvalue weighted by atomic mass is 16.5. The molecule has 106 valence electrons. The normalized spacial score (nSPS) is 13.9. The SMILES string of the molecule is CCCCc1ccc(C(=O)O[C@H](C)C[C@H](C)O)cc1. The first kappa shape index (κ1) is 15.7. The summed E-state index contributed by atoms with van der Waals surface area (Å²) < 4.78 is 5.27. The maximum atomic E-state index is 11.9. The molecule has 0 aliphatic carbocycles. The molecule has 0 saturated heterocycles. The largest absolute Gasteiger partial charge is 0.459 e. The Balaban J connectivity index is 2.53. The van der Waals surface area contributed by atoms with Gasteiger partial charge in [-0.25, -0.2) is 4.79 Å². The number of aliphatic hydroxyl groups is 1. The van der Waals surface area contributed by atoms with E-state index in [-0.39, 0.29) is 12.1 Å². The molecule has 0 bridgehead atoms. The van der Waals surface area contributed by atoms with E-state index in [9.17, 15) is 9.90 Å². The lowest BCUT2D eigenvalue weighted by Crippen LogP contribution is -2.19. The van der Waals surface area contributed by atoms with Crippen molar-refractivity contribution in [1.29, 1.82) is 0 Å². The molecule has 0 amide bonds. The molecule has 1 rings (SSSR count). The highest BCUT2D eigenvalue weighted by Gasteiger charge is 2.13. The van der Waals surface area contributed by atoms with Crippen molar-refractivity contribution in [2.75, 3.05) is 0 Å². The van der Waals surface area contributed by atoms with Gasteiger partial charge in [0.25, 0.3) is 0 Å². The van der Waals surface area contributed by atoms with Crippen LogP contribution in [0.15, 0.2) is 24.3 Å². The van der Waals surface area contributed by atoms with Crippen LogP contribution in [0, 0.1) is 0 Å². The van der Waals surface area contributed by atoms with Crippen LogP contribution >= 0.6 is 0 Å². The van der Waals surface area contributed by atoms with Gasteiger partial charge < -0.3 is 9.84 Å². The molecule has 0 saturated carbocycles. The Kier molecular flexibility index (Phi) is 6.57. The number of aliphatic hydroxyl groups excluding tert-OH is 1. The lowest BCUT2D eigenvalue weighted by atomic mass is 10.1. The minimum atomic E-state index is -0.459. The number of ether oxygens (including phenoxy) is 1. The standard InChI is InChI=1S/C16H24O3/c1-4-5-6-14-7-9-15(10-8-14)16(18)19-13(3)11-12(2)17/h7-10,12-13,17H,4-6,11H2,1-3H3/t12-,13+/m0/s1. The van der Waals surface area contributed by atoms with Gasteiger partial charge in [-0.05, 0) is 44.4 Å². The number of rotatable bonds is 7. The van der Waals surface area contributed by atoms with Crippen molar-refractivity contribution < 1.29 is 14.6 Å². The summed E-state index contributed by atoms with van der Waals surface area (Å²) in [5.74, 6) is -0.324. The van der Waals surface area contributed by atoms with Crippen LogP contribution in [0.3, 0.4) is 0 Å². The van der Waals surface area contributed by atoms with Crippen LogP contribution in [0.25, 0.3) is 0 Å². The van der Waals surface area contributed by atoms with Gasteiger partial charge in [-0.2, -0.15) is 0 Å². The molecular weight excluding hydrogens is 240 g/mol. The molecule has 0 radical (unpaired) electrons. The van der Waals surface area contributed by atoms with Gasteiger partial charge in [-0.1, -0.05) is 25.5 Å². The van der Waals surface area contributed by atoms with E-state index in [1.54, 1.807) is 13.8 Å². The van der Waals surface area contributed by atoms with Gasteiger partial charge in [0.05, 0.1) is 11.7 Å². The van der Waals surface area contributed by atoms with Crippen molar-refractivity contribution >= 4 is 5.97 Å². The molecule has 1 aromatic carbocycles. The Morgan fingerprint density at radius 1 is 1.26 bits per heavy atom. The molecule has 0 aliphatic heterocycles. The highest BCUT2D eigenvalue weighted by molar-refractivity contribution is 5.89. The average molecular weight is 264 g/mol. The molecule has 0 spiro atoms. The summed E-state index contributed by atoms with van der Waals surface area (Å²) in [5, 5.41) is 9.23. The van der Waals surface area contributed by atoms with Gasteiger partial charge >= 0.3 is 5.97 Å². The maximum absolute atomic E-state index is 11.9. The molecule has 0 unspecified atom stereocenters. The van der Waals surface area contributed by atoms with E-state index in [1.807, 2.05) is 24.3 Å². The average Bonchev–Trinajstić information content (AvgIpc) is 2.35. The second kappa shape index (κ2) is 7.95. The van der Waals surface area contributed by atoms with E-state index in [2.05, 4.69) is 6.92 Å². The van der Waals surface area contributed by atoms with E-state index in [0.717, 1.165) is 12.8 Å². The summed E-state index contributed by atoms with van der Waals surface area (Å²) >= 11 is 0. The van der Waals surface area contributed by atoms with Crippen molar-refractivity contribution in [2.24, 2.45) is 0 Å². The number of hydrogen-bond acceptors (Lipinski definition) is 3. The summed E-state index contributed by atoms with van der Waals surface area (Å²) in [6, 6.07) is 7.57. The smallest absolute Gasteiger partial charge is 0.338 e. The molecular formula is C16H24O3. The second-order valence-corrected chi connectivity index (χ2v) is 5.10. The van der Waals surface area contributed by atoms with Crippen LogP contribution < -0.4 is 0 Å². The minimum absolute atomic E-state index is 0.271. The van der Waals surface area contributed by atoms with Gasteiger partial charge in [-0.3, -0.25) is 0 Å². The predicted octanol–water partition coefficient (Wildman–Crippen LogP) is 3.35. The zero-order valence-electron chi connectivity index (χ0n) is 12.1. The highest BCUT2D eigenvalue weighted by Crippen LogP contribution is 2.11. The van der Waals surface area contributed by atoms with Crippen LogP contribution in [0.4, 0.5) is 0 Å². The van der Waals surface area contributed by atoms with Gasteiger partial charge in [0.15, 0.2) is 0 Å². The second-order valence-electron chi connectivity index (χ2n) is 5.10. The van der Waals surface area contributed by atoms with E-state index in [0.29, 0.717) is 12.0 Å². The number of benzene rings is 1. The third kappa shape index (κ3) is 5.88. The zero-order chi connectivity index (χ0) is 14.3. The zero-order valence-corrected chi connectivity index (χ0v) is 12.1. The summed E-state index contributed by atoms with van der Waals surface area (Å²) in [6.07, 6.45) is 3.10. The van der Waals surface area contributed by atoms with Gasteiger partial charge in [-0.15, -0.1) is 0 Å².